The fourth-order valence-corrected chi connectivity index (χ4v) is 4.61. The van der Waals surface area contributed by atoms with Crippen LogP contribution >= 0.6 is 12.2 Å². The van der Waals surface area contributed by atoms with E-state index in [9.17, 15) is 26.3 Å². The van der Waals surface area contributed by atoms with E-state index in [1.165, 1.54) is 19.3 Å². The average Bonchev–Trinajstić information content (AvgIpc) is 3.19. The molecule has 1 aliphatic carbocycles. The molecule has 2 N–H and O–H groups in total. The zero-order valence-electron chi connectivity index (χ0n) is 16.4. The van der Waals surface area contributed by atoms with Gasteiger partial charge in [-0.25, -0.2) is 0 Å². The van der Waals surface area contributed by atoms with Gasteiger partial charge in [-0.1, -0.05) is 12.8 Å². The number of hydrogen-bond acceptors (Lipinski definition) is 2. The number of hydrogen-bond donors (Lipinski definition) is 2. The standard InChI is InChI=1S/C20H25F6N3S/c21-19(22,23)14-9-15(20(24,25)26)11-16(10-14)28-18(30)27-12-13-5-1-2-6-17(13)29-7-3-4-8-29/h9-11,13,17H,1-8,12H2,(H2,27,28,30)/t13-,17+/m0/s1. The maximum absolute atomic E-state index is 13.0. The molecular weight excluding hydrogens is 428 g/mol. The van der Waals surface area contributed by atoms with Crippen LogP contribution in [0.1, 0.15) is 49.7 Å². The fourth-order valence-electron chi connectivity index (χ4n) is 4.41. The van der Waals surface area contributed by atoms with Crippen molar-refractivity contribution in [1.29, 1.82) is 0 Å². The molecule has 3 rings (SSSR count). The molecule has 30 heavy (non-hydrogen) atoms. The Kier molecular flexibility index (Phi) is 7.16. The molecule has 1 heterocycles. The van der Waals surface area contributed by atoms with E-state index in [1.54, 1.807) is 0 Å². The number of halogens is 6. The Morgan fingerprint density at radius 2 is 1.47 bits per heavy atom. The lowest BCUT2D eigenvalue weighted by atomic mass is 9.83. The number of benzene rings is 1. The van der Waals surface area contributed by atoms with E-state index in [0.717, 1.165) is 32.4 Å². The number of likely N-dealkylation sites (tertiary alicyclic amines) is 1. The normalized spacial score (nSPS) is 23.4. The number of anilines is 1. The van der Waals surface area contributed by atoms with Crippen molar-refractivity contribution in [2.24, 2.45) is 5.92 Å². The summed E-state index contributed by atoms with van der Waals surface area (Å²) in [6.45, 7) is 2.70. The molecule has 1 aromatic rings. The van der Waals surface area contributed by atoms with Gasteiger partial charge in [-0.2, -0.15) is 26.3 Å². The third kappa shape index (κ3) is 6.00. The van der Waals surface area contributed by atoms with Gasteiger partial charge in [0.15, 0.2) is 5.11 Å². The van der Waals surface area contributed by atoms with Crippen molar-refractivity contribution in [3.8, 4) is 0 Å². The molecule has 0 amide bonds. The van der Waals surface area contributed by atoms with Gasteiger partial charge < -0.3 is 15.5 Å². The SMILES string of the molecule is FC(F)(F)c1cc(NC(=S)NC[C@@H]2CCCC[C@H]2N2CCCC2)cc(C(F)(F)F)c1. The smallest absolute Gasteiger partial charge is 0.362 e. The second-order valence-electron chi connectivity index (χ2n) is 7.98. The summed E-state index contributed by atoms with van der Waals surface area (Å²) in [6, 6.07) is 1.82. The zero-order valence-corrected chi connectivity index (χ0v) is 17.2. The van der Waals surface area contributed by atoms with Crippen LogP contribution in [0.5, 0.6) is 0 Å². The lowest BCUT2D eigenvalue weighted by Crippen LogP contribution is -2.46. The minimum Gasteiger partial charge on any atom is -0.362 e. The summed E-state index contributed by atoms with van der Waals surface area (Å²) < 4.78 is 78.0. The van der Waals surface area contributed by atoms with E-state index < -0.39 is 23.5 Å². The van der Waals surface area contributed by atoms with E-state index in [4.69, 9.17) is 12.2 Å². The average molecular weight is 453 g/mol. The highest BCUT2D eigenvalue weighted by Crippen LogP contribution is 2.37. The van der Waals surface area contributed by atoms with Crippen LogP contribution in [0, 0.1) is 5.92 Å². The number of rotatable bonds is 4. The molecule has 2 aliphatic rings. The van der Waals surface area contributed by atoms with Gasteiger partial charge in [0.05, 0.1) is 11.1 Å². The fraction of sp³-hybridized carbons (Fsp3) is 0.650. The Balaban J connectivity index is 1.65. The zero-order chi connectivity index (χ0) is 21.9. The monoisotopic (exact) mass is 453 g/mol. The van der Waals surface area contributed by atoms with E-state index in [0.29, 0.717) is 30.6 Å². The van der Waals surface area contributed by atoms with Crippen molar-refractivity contribution in [3.63, 3.8) is 0 Å². The summed E-state index contributed by atoms with van der Waals surface area (Å²) in [5.74, 6) is 0.351. The van der Waals surface area contributed by atoms with Gasteiger partial charge in [-0.15, -0.1) is 0 Å². The lowest BCUT2D eigenvalue weighted by molar-refractivity contribution is -0.143. The summed E-state index contributed by atoms with van der Waals surface area (Å²) in [4.78, 5) is 2.49. The van der Waals surface area contributed by atoms with Gasteiger partial charge in [0.25, 0.3) is 0 Å². The molecule has 1 aromatic carbocycles. The van der Waals surface area contributed by atoms with E-state index in [-0.39, 0.29) is 16.9 Å². The first-order valence-corrected chi connectivity index (χ1v) is 10.5. The maximum Gasteiger partial charge on any atom is 0.416 e. The Labute approximate surface area is 177 Å². The van der Waals surface area contributed by atoms with Gasteiger partial charge in [0.2, 0.25) is 0 Å². The van der Waals surface area contributed by atoms with Crippen molar-refractivity contribution < 1.29 is 26.3 Å². The van der Waals surface area contributed by atoms with Crippen molar-refractivity contribution in [2.45, 2.75) is 56.9 Å². The molecule has 2 atom stereocenters. The maximum atomic E-state index is 13.0. The molecule has 3 nitrogen and oxygen atoms in total. The first kappa shape index (κ1) is 23.1. The first-order chi connectivity index (χ1) is 14.0. The van der Waals surface area contributed by atoms with Crippen LogP contribution in [0.4, 0.5) is 32.0 Å². The highest BCUT2D eigenvalue weighted by atomic mass is 32.1. The molecule has 2 fully saturated rings. The van der Waals surface area contributed by atoms with Crippen LogP contribution in [0.2, 0.25) is 0 Å². The Hall–Kier alpha value is -1.55. The second kappa shape index (κ2) is 9.30. The predicted octanol–water partition coefficient (Wildman–Crippen LogP) is 5.67. The van der Waals surface area contributed by atoms with Crippen molar-refractivity contribution in [1.82, 2.24) is 10.2 Å². The van der Waals surface area contributed by atoms with Crippen LogP contribution in [-0.4, -0.2) is 35.7 Å². The van der Waals surface area contributed by atoms with Crippen molar-refractivity contribution in [2.75, 3.05) is 25.0 Å². The van der Waals surface area contributed by atoms with Crippen LogP contribution in [0.3, 0.4) is 0 Å². The molecular formula is C20H25F6N3S. The second-order valence-corrected chi connectivity index (χ2v) is 8.39. The van der Waals surface area contributed by atoms with Gasteiger partial charge >= 0.3 is 12.4 Å². The van der Waals surface area contributed by atoms with Gasteiger partial charge in [0, 0.05) is 18.3 Å². The van der Waals surface area contributed by atoms with Crippen LogP contribution in [0.15, 0.2) is 18.2 Å². The predicted molar refractivity (Wildman–Crippen MR) is 107 cm³/mol. The number of thiocarbonyl (C=S) groups is 1. The molecule has 168 valence electrons. The largest absolute Gasteiger partial charge is 0.416 e. The molecule has 10 heteroatoms. The summed E-state index contributed by atoms with van der Waals surface area (Å²) in [5.41, 5.74) is -3.08. The topological polar surface area (TPSA) is 27.3 Å². The molecule has 0 unspecified atom stereocenters. The summed E-state index contributed by atoms with van der Waals surface area (Å²) in [7, 11) is 0. The minimum absolute atomic E-state index is 0.0215. The van der Waals surface area contributed by atoms with Crippen LogP contribution < -0.4 is 10.6 Å². The highest BCUT2D eigenvalue weighted by molar-refractivity contribution is 7.80. The van der Waals surface area contributed by atoms with E-state index in [2.05, 4.69) is 15.5 Å². The molecule has 1 saturated heterocycles. The summed E-state index contributed by atoms with van der Waals surface area (Å²) >= 11 is 5.15. The number of nitrogens with zero attached hydrogens (tertiary/aromatic N) is 1. The molecule has 0 radical (unpaired) electrons. The number of nitrogens with one attached hydrogen (secondary N) is 2. The van der Waals surface area contributed by atoms with Gasteiger partial charge in [-0.05, 0) is 75.1 Å². The van der Waals surface area contributed by atoms with Gasteiger partial charge in [-0.3, -0.25) is 0 Å². The van der Waals surface area contributed by atoms with Gasteiger partial charge in [0.1, 0.15) is 0 Å². The van der Waals surface area contributed by atoms with Crippen LogP contribution in [0.25, 0.3) is 0 Å². The Morgan fingerprint density at radius 3 is 2.03 bits per heavy atom. The number of alkyl halides is 6. The third-order valence-corrected chi connectivity index (χ3v) is 6.10. The van der Waals surface area contributed by atoms with Crippen molar-refractivity contribution >= 4 is 23.0 Å². The summed E-state index contributed by atoms with van der Waals surface area (Å²) in [6.07, 6.45) is -2.99. The molecule has 0 bridgehead atoms. The first-order valence-electron chi connectivity index (χ1n) is 10.1. The molecule has 1 aliphatic heterocycles. The lowest BCUT2D eigenvalue weighted by Gasteiger charge is -2.38. The Bertz CT molecular complexity index is 711. The van der Waals surface area contributed by atoms with Crippen LogP contribution in [-0.2, 0) is 12.4 Å². The minimum atomic E-state index is -4.89. The molecule has 0 aromatic heterocycles. The highest BCUT2D eigenvalue weighted by Gasteiger charge is 2.37. The Morgan fingerprint density at radius 1 is 0.900 bits per heavy atom. The third-order valence-electron chi connectivity index (χ3n) is 5.85. The molecule has 0 spiro atoms. The summed E-state index contributed by atoms with van der Waals surface area (Å²) in [5, 5.41) is 5.52. The van der Waals surface area contributed by atoms with E-state index >= 15 is 0 Å². The molecule has 1 saturated carbocycles. The van der Waals surface area contributed by atoms with Crippen molar-refractivity contribution in [3.05, 3.63) is 29.3 Å². The van der Waals surface area contributed by atoms with E-state index in [1.807, 2.05) is 0 Å². The quantitative estimate of drug-likeness (QED) is 0.454.